The molecule has 0 atom stereocenters. The average Bonchev–Trinajstić information content (AvgIpc) is 2.91. The Morgan fingerprint density at radius 1 is 0.833 bits per heavy atom. The van der Waals surface area contributed by atoms with Crippen LogP contribution in [-0.2, 0) is 6.42 Å². The molecule has 0 heterocycles. The van der Waals surface area contributed by atoms with Crippen LogP contribution in [-0.4, -0.2) is 12.6 Å². The first-order valence-electron chi connectivity index (χ1n) is 14.3. The van der Waals surface area contributed by atoms with Crippen molar-refractivity contribution < 1.29 is 14.3 Å². The lowest BCUT2D eigenvalue weighted by molar-refractivity contribution is 0.0734. The second-order valence-corrected chi connectivity index (χ2v) is 10.5. The third-order valence-corrected chi connectivity index (χ3v) is 7.57. The van der Waals surface area contributed by atoms with Crippen LogP contribution >= 0.6 is 0 Å². The molecule has 3 rings (SSSR count). The summed E-state index contributed by atoms with van der Waals surface area (Å²) in [7, 11) is 0. The fourth-order valence-corrected chi connectivity index (χ4v) is 5.20. The number of carbonyl (C=O) groups is 1. The zero-order chi connectivity index (χ0) is 25.4. The van der Waals surface area contributed by atoms with Crippen molar-refractivity contribution in [3.63, 3.8) is 0 Å². The predicted octanol–water partition coefficient (Wildman–Crippen LogP) is 9.35. The number of esters is 1. The molecule has 1 aliphatic carbocycles. The van der Waals surface area contributed by atoms with Gasteiger partial charge in [-0.3, -0.25) is 0 Å². The van der Waals surface area contributed by atoms with Crippen LogP contribution in [0.5, 0.6) is 11.5 Å². The minimum atomic E-state index is -0.338. The fraction of sp³-hybridized carbons (Fsp3) is 0.545. The molecule has 1 fully saturated rings. The Labute approximate surface area is 219 Å². The maximum Gasteiger partial charge on any atom is 0.343 e. The van der Waals surface area contributed by atoms with Crippen molar-refractivity contribution in [3.8, 4) is 11.5 Å². The van der Waals surface area contributed by atoms with E-state index >= 15 is 0 Å². The third-order valence-electron chi connectivity index (χ3n) is 7.57. The maximum absolute atomic E-state index is 12.5. The van der Waals surface area contributed by atoms with Crippen LogP contribution in [0.25, 0.3) is 0 Å². The summed E-state index contributed by atoms with van der Waals surface area (Å²) in [6, 6.07) is 15.2. The topological polar surface area (TPSA) is 35.5 Å². The Morgan fingerprint density at radius 3 is 2.17 bits per heavy atom. The standard InChI is InChI=1S/C33H46O3/c1-3-5-7-8-10-26-35-31-24-20-30(21-25-31)33(34)36-32-22-18-29(19-23-32)17-16-28-14-12-27(13-15-28)11-9-6-4-2/h3,18-25,27-28H,1,4-17,26H2,2H3/t27-,28-. The molecule has 36 heavy (non-hydrogen) atoms. The van der Waals surface area contributed by atoms with Crippen LogP contribution in [0.3, 0.4) is 0 Å². The molecule has 1 aliphatic rings. The first kappa shape index (κ1) is 28.0. The van der Waals surface area contributed by atoms with E-state index in [-0.39, 0.29) is 5.97 Å². The Balaban J connectivity index is 1.34. The first-order valence-corrected chi connectivity index (χ1v) is 14.3. The largest absolute Gasteiger partial charge is 0.494 e. The van der Waals surface area contributed by atoms with E-state index in [9.17, 15) is 4.79 Å². The smallest absolute Gasteiger partial charge is 0.343 e. The molecule has 2 aromatic rings. The van der Waals surface area contributed by atoms with Gasteiger partial charge in [0.05, 0.1) is 12.2 Å². The zero-order valence-corrected chi connectivity index (χ0v) is 22.4. The molecule has 3 heteroatoms. The summed E-state index contributed by atoms with van der Waals surface area (Å²) in [5, 5.41) is 0. The van der Waals surface area contributed by atoms with Gasteiger partial charge in [-0.2, -0.15) is 0 Å². The number of allylic oxidation sites excluding steroid dienone is 1. The molecule has 0 N–H and O–H groups in total. The lowest BCUT2D eigenvalue weighted by Gasteiger charge is -2.28. The molecule has 0 radical (unpaired) electrons. The highest BCUT2D eigenvalue weighted by molar-refractivity contribution is 5.91. The summed E-state index contributed by atoms with van der Waals surface area (Å²) in [5.74, 6) is 2.88. The average molecular weight is 491 g/mol. The van der Waals surface area contributed by atoms with Gasteiger partial charge < -0.3 is 9.47 Å². The van der Waals surface area contributed by atoms with Crippen molar-refractivity contribution in [2.45, 2.75) is 96.8 Å². The van der Waals surface area contributed by atoms with Crippen molar-refractivity contribution in [1.29, 1.82) is 0 Å². The Bertz CT molecular complexity index is 876. The van der Waals surface area contributed by atoms with Gasteiger partial charge in [0.1, 0.15) is 11.5 Å². The van der Waals surface area contributed by atoms with E-state index in [1.165, 1.54) is 63.4 Å². The first-order chi connectivity index (χ1) is 17.7. The van der Waals surface area contributed by atoms with Crippen molar-refractivity contribution in [2.75, 3.05) is 6.61 Å². The van der Waals surface area contributed by atoms with Crippen LogP contribution < -0.4 is 9.47 Å². The summed E-state index contributed by atoms with van der Waals surface area (Å²) in [6.45, 7) is 6.72. The fourth-order valence-electron chi connectivity index (χ4n) is 5.20. The Morgan fingerprint density at radius 2 is 1.50 bits per heavy atom. The normalized spacial score (nSPS) is 17.5. The molecular weight excluding hydrogens is 444 g/mol. The van der Waals surface area contributed by atoms with E-state index in [4.69, 9.17) is 9.47 Å². The van der Waals surface area contributed by atoms with E-state index < -0.39 is 0 Å². The third kappa shape index (κ3) is 10.2. The van der Waals surface area contributed by atoms with Crippen molar-refractivity contribution in [3.05, 3.63) is 72.3 Å². The lowest BCUT2D eigenvalue weighted by Crippen LogP contribution is -2.15. The van der Waals surface area contributed by atoms with Crippen LogP contribution in [0.15, 0.2) is 61.2 Å². The molecule has 1 saturated carbocycles. The molecule has 0 spiro atoms. The van der Waals surface area contributed by atoms with Gasteiger partial charge in [0.25, 0.3) is 0 Å². The van der Waals surface area contributed by atoms with E-state index in [0.29, 0.717) is 17.9 Å². The lowest BCUT2D eigenvalue weighted by atomic mass is 9.78. The number of hydrogen-bond donors (Lipinski definition) is 0. The van der Waals surface area contributed by atoms with Crippen LogP contribution in [0.2, 0.25) is 0 Å². The minimum absolute atomic E-state index is 0.338. The number of carbonyl (C=O) groups excluding carboxylic acids is 1. The summed E-state index contributed by atoms with van der Waals surface area (Å²) < 4.78 is 11.4. The van der Waals surface area contributed by atoms with E-state index in [1.54, 1.807) is 12.1 Å². The molecule has 196 valence electrons. The minimum Gasteiger partial charge on any atom is -0.494 e. The van der Waals surface area contributed by atoms with Gasteiger partial charge in [-0.1, -0.05) is 76.5 Å². The molecule has 3 nitrogen and oxygen atoms in total. The van der Waals surface area contributed by atoms with Gasteiger partial charge in [0, 0.05) is 0 Å². The monoisotopic (exact) mass is 490 g/mol. The number of aryl methyl sites for hydroxylation is 1. The number of ether oxygens (including phenoxy) is 2. The van der Waals surface area contributed by atoms with Gasteiger partial charge >= 0.3 is 5.97 Å². The van der Waals surface area contributed by atoms with Crippen LogP contribution in [0.4, 0.5) is 0 Å². The van der Waals surface area contributed by atoms with E-state index in [2.05, 4.69) is 25.6 Å². The summed E-state index contributed by atoms with van der Waals surface area (Å²) >= 11 is 0. The van der Waals surface area contributed by atoms with E-state index in [1.807, 2.05) is 30.3 Å². The van der Waals surface area contributed by atoms with Gasteiger partial charge in [-0.05, 0) is 92.3 Å². The van der Waals surface area contributed by atoms with Gasteiger partial charge in [0.15, 0.2) is 0 Å². The summed E-state index contributed by atoms with van der Waals surface area (Å²) in [6.07, 6.45) is 19.9. The highest BCUT2D eigenvalue weighted by Crippen LogP contribution is 2.34. The SMILES string of the molecule is C=CCCCCCOc1ccc(C(=O)Oc2ccc(CC[C@H]3CC[C@H](CCCCC)CC3)cc2)cc1. The summed E-state index contributed by atoms with van der Waals surface area (Å²) in [5.41, 5.74) is 1.86. The van der Waals surface area contributed by atoms with Crippen LogP contribution in [0.1, 0.15) is 106 Å². The molecular formula is C33H46O3. The van der Waals surface area contributed by atoms with E-state index in [0.717, 1.165) is 49.7 Å². The van der Waals surface area contributed by atoms with Crippen molar-refractivity contribution in [2.24, 2.45) is 11.8 Å². The number of rotatable bonds is 16. The molecule has 0 aromatic heterocycles. The Hall–Kier alpha value is -2.55. The maximum atomic E-state index is 12.5. The van der Waals surface area contributed by atoms with Crippen LogP contribution in [0, 0.1) is 11.8 Å². The van der Waals surface area contributed by atoms with Crippen molar-refractivity contribution >= 4 is 5.97 Å². The van der Waals surface area contributed by atoms with Gasteiger partial charge in [-0.25, -0.2) is 4.79 Å². The number of unbranched alkanes of at least 4 members (excludes halogenated alkanes) is 5. The van der Waals surface area contributed by atoms with Gasteiger partial charge in [-0.15, -0.1) is 6.58 Å². The summed E-state index contributed by atoms with van der Waals surface area (Å²) in [4.78, 5) is 12.5. The molecule has 2 aromatic carbocycles. The molecule has 0 saturated heterocycles. The molecule has 0 bridgehead atoms. The molecule has 0 unspecified atom stereocenters. The zero-order valence-electron chi connectivity index (χ0n) is 22.4. The predicted molar refractivity (Wildman–Crippen MR) is 150 cm³/mol. The highest BCUT2D eigenvalue weighted by atomic mass is 16.5. The molecule has 0 amide bonds. The highest BCUT2D eigenvalue weighted by Gasteiger charge is 2.20. The molecule has 0 aliphatic heterocycles. The number of hydrogen-bond acceptors (Lipinski definition) is 3. The quantitative estimate of drug-likeness (QED) is 0.102. The number of benzene rings is 2. The second-order valence-electron chi connectivity index (χ2n) is 10.5. The van der Waals surface area contributed by atoms with Crippen molar-refractivity contribution in [1.82, 2.24) is 0 Å². The Kier molecular flexibility index (Phi) is 12.6. The second kappa shape index (κ2) is 16.2. The van der Waals surface area contributed by atoms with Gasteiger partial charge in [0.2, 0.25) is 0 Å².